The van der Waals surface area contributed by atoms with Gasteiger partial charge in [-0.15, -0.1) is 0 Å². The highest BCUT2D eigenvalue weighted by molar-refractivity contribution is 6.34. The normalized spacial score (nSPS) is 11.2. The molecule has 0 bridgehead atoms. The molecule has 0 spiro atoms. The highest BCUT2D eigenvalue weighted by atomic mass is 35.5. The molecule has 39 heavy (non-hydrogen) atoms. The van der Waals surface area contributed by atoms with Crippen LogP contribution in [-0.2, 0) is 0 Å². The van der Waals surface area contributed by atoms with Gasteiger partial charge in [-0.25, -0.2) is 10.2 Å². The minimum absolute atomic E-state index is 0.0731. The standard InChI is InChI=1S/C30H24ClN3O5/c1-17-13-18(2)27-21(14-17)26(20-7-4-5-8-22(20)31)28(33-27)29(35)34-32-16-19-10-11-23(25(15-19)37-3)39-30(36)24-9-6-12-38-24/h4-16,33H,1-3H3,(H,34,35). The number of hydrogen-bond acceptors (Lipinski definition) is 6. The molecular formula is C30H24ClN3O5. The quantitative estimate of drug-likeness (QED) is 0.103. The minimum atomic E-state index is -0.648. The molecule has 0 radical (unpaired) electrons. The SMILES string of the molecule is COc1cc(C=NNC(=O)c2[nH]c3c(C)cc(C)cc3c2-c2ccccc2Cl)ccc1OC(=O)c1ccco1. The third-order valence-corrected chi connectivity index (χ3v) is 6.44. The zero-order valence-corrected chi connectivity index (χ0v) is 22.1. The summed E-state index contributed by atoms with van der Waals surface area (Å²) in [5.74, 6) is -0.472. The molecule has 0 unspecified atom stereocenters. The maximum absolute atomic E-state index is 13.3. The van der Waals surface area contributed by atoms with Crippen molar-refractivity contribution in [2.24, 2.45) is 5.10 Å². The molecule has 2 heterocycles. The number of benzene rings is 3. The van der Waals surface area contributed by atoms with Gasteiger partial charge in [0.15, 0.2) is 11.5 Å². The van der Waals surface area contributed by atoms with Crippen molar-refractivity contribution in [1.82, 2.24) is 10.4 Å². The van der Waals surface area contributed by atoms with Crippen LogP contribution in [0.15, 0.2) is 82.5 Å². The zero-order valence-electron chi connectivity index (χ0n) is 21.4. The number of halogens is 1. The molecule has 0 atom stereocenters. The fourth-order valence-corrected chi connectivity index (χ4v) is 4.61. The Balaban J connectivity index is 1.40. The summed E-state index contributed by atoms with van der Waals surface area (Å²) in [5.41, 5.74) is 7.95. The minimum Gasteiger partial charge on any atom is -0.493 e. The molecule has 8 nitrogen and oxygen atoms in total. The molecule has 2 N–H and O–H groups in total. The molecule has 0 saturated heterocycles. The van der Waals surface area contributed by atoms with Gasteiger partial charge in [0.1, 0.15) is 5.69 Å². The van der Waals surface area contributed by atoms with Crippen LogP contribution >= 0.6 is 11.6 Å². The summed E-state index contributed by atoms with van der Waals surface area (Å²) >= 11 is 6.53. The van der Waals surface area contributed by atoms with E-state index >= 15 is 0 Å². The zero-order chi connectivity index (χ0) is 27.5. The van der Waals surface area contributed by atoms with Gasteiger partial charge in [-0.2, -0.15) is 5.10 Å². The van der Waals surface area contributed by atoms with Gasteiger partial charge < -0.3 is 18.9 Å². The lowest BCUT2D eigenvalue weighted by Gasteiger charge is -2.09. The van der Waals surface area contributed by atoms with Crippen molar-refractivity contribution in [3.05, 3.63) is 106 Å². The number of carbonyl (C=O) groups excluding carboxylic acids is 2. The van der Waals surface area contributed by atoms with E-state index in [4.69, 9.17) is 25.5 Å². The third kappa shape index (κ3) is 5.28. The first-order valence-corrected chi connectivity index (χ1v) is 12.4. The highest BCUT2D eigenvalue weighted by Crippen LogP contribution is 2.38. The number of amides is 1. The molecule has 0 fully saturated rings. The van der Waals surface area contributed by atoms with Crippen molar-refractivity contribution in [3.63, 3.8) is 0 Å². The van der Waals surface area contributed by atoms with Gasteiger partial charge in [0.25, 0.3) is 5.91 Å². The smallest absolute Gasteiger partial charge is 0.379 e. The molecule has 0 aliphatic heterocycles. The fraction of sp³-hybridized carbons (Fsp3) is 0.100. The van der Waals surface area contributed by atoms with Crippen LogP contribution in [0.5, 0.6) is 11.5 Å². The van der Waals surface area contributed by atoms with Crippen LogP contribution in [0.1, 0.15) is 37.7 Å². The van der Waals surface area contributed by atoms with Crippen LogP contribution in [0.25, 0.3) is 22.0 Å². The van der Waals surface area contributed by atoms with Gasteiger partial charge in [-0.05, 0) is 67.4 Å². The Morgan fingerprint density at radius 2 is 1.85 bits per heavy atom. The number of methoxy groups -OCH3 is 1. The van der Waals surface area contributed by atoms with Gasteiger partial charge in [0, 0.05) is 27.1 Å². The summed E-state index contributed by atoms with van der Waals surface area (Å²) in [5, 5.41) is 5.58. The van der Waals surface area contributed by atoms with Crippen molar-refractivity contribution in [3.8, 4) is 22.6 Å². The fourth-order valence-electron chi connectivity index (χ4n) is 4.38. The van der Waals surface area contributed by atoms with Crippen LogP contribution < -0.4 is 14.9 Å². The average molecular weight is 542 g/mol. The van der Waals surface area contributed by atoms with Crippen molar-refractivity contribution < 1.29 is 23.5 Å². The summed E-state index contributed by atoms with van der Waals surface area (Å²) < 4.78 is 15.8. The number of hydrazone groups is 1. The van der Waals surface area contributed by atoms with E-state index in [1.807, 2.05) is 38.1 Å². The number of H-pyrrole nitrogens is 1. The molecule has 0 aliphatic carbocycles. The monoisotopic (exact) mass is 541 g/mol. The van der Waals surface area contributed by atoms with E-state index in [1.54, 1.807) is 30.3 Å². The number of rotatable bonds is 7. The van der Waals surface area contributed by atoms with Crippen molar-refractivity contribution in [1.29, 1.82) is 0 Å². The number of hydrogen-bond donors (Lipinski definition) is 2. The van der Waals surface area contributed by atoms with Crippen molar-refractivity contribution >= 4 is 40.6 Å². The predicted molar refractivity (Wildman–Crippen MR) is 150 cm³/mol. The van der Waals surface area contributed by atoms with Crippen molar-refractivity contribution in [2.45, 2.75) is 13.8 Å². The van der Waals surface area contributed by atoms with E-state index in [0.717, 1.165) is 27.6 Å². The Kier molecular flexibility index (Phi) is 7.21. The van der Waals surface area contributed by atoms with E-state index in [2.05, 4.69) is 21.6 Å². The number of aromatic amines is 1. The second-order valence-corrected chi connectivity index (χ2v) is 9.24. The largest absolute Gasteiger partial charge is 0.493 e. The molecule has 1 amide bonds. The summed E-state index contributed by atoms with van der Waals surface area (Å²) in [6, 6.07) is 19.5. The third-order valence-electron chi connectivity index (χ3n) is 6.11. The Morgan fingerprint density at radius 3 is 2.59 bits per heavy atom. The number of nitrogens with zero attached hydrogens (tertiary/aromatic N) is 1. The molecule has 3 aromatic carbocycles. The van der Waals surface area contributed by atoms with E-state index in [1.165, 1.54) is 25.7 Å². The number of carbonyl (C=O) groups is 2. The van der Waals surface area contributed by atoms with Crippen LogP contribution in [0.2, 0.25) is 5.02 Å². The molecule has 5 aromatic rings. The molecule has 196 valence electrons. The first kappa shape index (κ1) is 25.8. The maximum atomic E-state index is 13.3. The van der Waals surface area contributed by atoms with E-state index in [0.29, 0.717) is 27.6 Å². The summed E-state index contributed by atoms with van der Waals surface area (Å²) in [6.45, 7) is 4.00. The second kappa shape index (κ2) is 10.9. The van der Waals surface area contributed by atoms with E-state index in [-0.39, 0.29) is 11.5 Å². The molecular weight excluding hydrogens is 518 g/mol. The summed E-state index contributed by atoms with van der Waals surface area (Å²) in [7, 11) is 1.46. The number of aromatic nitrogens is 1. The van der Waals surface area contributed by atoms with Gasteiger partial charge in [-0.1, -0.05) is 41.4 Å². The number of esters is 1. The Morgan fingerprint density at radius 1 is 1.03 bits per heavy atom. The van der Waals surface area contributed by atoms with Gasteiger partial charge in [0.2, 0.25) is 5.76 Å². The number of fused-ring (bicyclic) bond motifs is 1. The number of nitrogens with one attached hydrogen (secondary N) is 2. The Hall–Kier alpha value is -4.82. The summed E-state index contributed by atoms with van der Waals surface area (Å²) in [6.07, 6.45) is 2.85. The first-order valence-electron chi connectivity index (χ1n) is 12.0. The average Bonchev–Trinajstić information content (AvgIpc) is 3.59. The number of ether oxygens (including phenoxy) is 2. The Bertz CT molecular complexity index is 1720. The van der Waals surface area contributed by atoms with E-state index < -0.39 is 11.9 Å². The van der Waals surface area contributed by atoms with Gasteiger partial charge in [-0.3, -0.25) is 4.79 Å². The lowest BCUT2D eigenvalue weighted by atomic mass is 9.99. The molecule has 2 aromatic heterocycles. The lowest BCUT2D eigenvalue weighted by Crippen LogP contribution is -2.19. The van der Waals surface area contributed by atoms with Crippen LogP contribution in [0.4, 0.5) is 0 Å². The molecule has 0 saturated carbocycles. The predicted octanol–water partition coefficient (Wildman–Crippen LogP) is 6.69. The highest BCUT2D eigenvalue weighted by Gasteiger charge is 2.22. The second-order valence-electron chi connectivity index (χ2n) is 8.84. The Labute approximate surface area is 229 Å². The molecule has 9 heteroatoms. The number of aryl methyl sites for hydroxylation is 2. The van der Waals surface area contributed by atoms with E-state index in [9.17, 15) is 9.59 Å². The van der Waals surface area contributed by atoms with Gasteiger partial charge >= 0.3 is 5.97 Å². The molecule has 5 rings (SSSR count). The first-order chi connectivity index (χ1) is 18.9. The molecule has 0 aliphatic rings. The van der Waals surface area contributed by atoms with Crippen LogP contribution in [0, 0.1) is 13.8 Å². The summed E-state index contributed by atoms with van der Waals surface area (Å²) in [4.78, 5) is 28.8. The van der Waals surface area contributed by atoms with Crippen LogP contribution in [0.3, 0.4) is 0 Å². The van der Waals surface area contributed by atoms with Crippen molar-refractivity contribution in [2.75, 3.05) is 7.11 Å². The number of furan rings is 1. The van der Waals surface area contributed by atoms with Crippen LogP contribution in [-0.4, -0.2) is 30.2 Å². The lowest BCUT2D eigenvalue weighted by molar-refractivity contribution is 0.0696. The topological polar surface area (TPSA) is 106 Å². The maximum Gasteiger partial charge on any atom is 0.379 e. The van der Waals surface area contributed by atoms with Gasteiger partial charge in [0.05, 0.1) is 19.6 Å².